The van der Waals surface area contributed by atoms with Gasteiger partial charge in [0.25, 0.3) is 0 Å². The van der Waals surface area contributed by atoms with Gasteiger partial charge in [-0.05, 0) is 26.3 Å². The summed E-state index contributed by atoms with van der Waals surface area (Å²) in [4.78, 5) is 28.9. The third-order valence-electron chi connectivity index (χ3n) is 4.74. The normalized spacial score (nSPS) is 13.0. The number of aliphatic hydroxyl groups is 1. The largest absolute Gasteiger partial charge is 0.444 e. The van der Waals surface area contributed by atoms with E-state index in [1.807, 2.05) is 12.1 Å². The Morgan fingerprint density at radius 3 is 2.07 bits per heavy atom. The first-order valence-electron chi connectivity index (χ1n) is 9.12. The highest BCUT2D eigenvalue weighted by molar-refractivity contribution is 6.02. The Hall–Kier alpha value is -3.18. The maximum Gasteiger partial charge on any atom is 0.356 e. The average molecular weight is 377 g/mol. The molecule has 0 fully saturated rings. The van der Waals surface area contributed by atoms with Crippen LogP contribution in [0.1, 0.15) is 62.4 Å². The monoisotopic (exact) mass is 377 g/mol. The zero-order valence-electron chi connectivity index (χ0n) is 16.1. The lowest BCUT2D eigenvalue weighted by molar-refractivity contribution is 0.0274. The molecule has 2 aromatic carbocycles. The Labute approximate surface area is 164 Å². The van der Waals surface area contributed by atoms with Gasteiger partial charge in [0.1, 0.15) is 5.69 Å². The van der Waals surface area contributed by atoms with E-state index in [1.165, 1.54) is 0 Å². The summed E-state index contributed by atoms with van der Waals surface area (Å²) in [6.07, 6.45) is -1.78. The van der Waals surface area contributed by atoms with Crippen LogP contribution in [0.3, 0.4) is 0 Å². The smallest absolute Gasteiger partial charge is 0.356 e. The number of hydrogen-bond acceptors (Lipinski definition) is 4. The van der Waals surface area contributed by atoms with Gasteiger partial charge in [-0.25, -0.2) is 4.79 Å². The Balaban J connectivity index is 1.95. The van der Waals surface area contributed by atoms with Crippen molar-refractivity contribution in [2.45, 2.75) is 33.0 Å². The minimum Gasteiger partial charge on any atom is -0.444 e. The minimum atomic E-state index is -1.06. The first-order chi connectivity index (χ1) is 13.4. The van der Waals surface area contributed by atoms with Gasteiger partial charge in [0, 0.05) is 22.4 Å². The minimum absolute atomic E-state index is 0.246. The number of aromatic amines is 1. The fourth-order valence-corrected chi connectivity index (χ4v) is 3.42. The van der Waals surface area contributed by atoms with Gasteiger partial charge >= 0.3 is 5.97 Å². The molecule has 3 rings (SSSR count). The highest BCUT2D eigenvalue weighted by Gasteiger charge is 2.29. The van der Waals surface area contributed by atoms with E-state index in [9.17, 15) is 14.7 Å². The highest BCUT2D eigenvalue weighted by Crippen LogP contribution is 2.28. The van der Waals surface area contributed by atoms with Crippen molar-refractivity contribution in [3.05, 3.63) is 94.3 Å². The number of carbonyl (C=O) groups is 2. The van der Waals surface area contributed by atoms with Crippen LogP contribution in [0.15, 0.2) is 60.7 Å². The highest BCUT2D eigenvalue weighted by atomic mass is 16.5. The molecule has 0 saturated carbocycles. The summed E-state index contributed by atoms with van der Waals surface area (Å²) in [6, 6.07) is 17.7. The van der Waals surface area contributed by atoms with Crippen LogP contribution < -0.4 is 0 Å². The Bertz CT molecular complexity index is 975. The van der Waals surface area contributed by atoms with Crippen molar-refractivity contribution in [1.29, 1.82) is 0 Å². The third-order valence-corrected chi connectivity index (χ3v) is 4.74. The number of aliphatic hydroxyl groups excluding tert-OH is 1. The summed E-state index contributed by atoms with van der Waals surface area (Å²) in [5.41, 5.74) is 3.30. The van der Waals surface area contributed by atoms with Gasteiger partial charge in [0.2, 0.25) is 5.78 Å². The molecule has 5 nitrogen and oxygen atoms in total. The molecule has 0 saturated heterocycles. The Morgan fingerprint density at radius 1 is 0.964 bits per heavy atom. The molecule has 1 heterocycles. The molecule has 0 unspecified atom stereocenters. The van der Waals surface area contributed by atoms with Gasteiger partial charge in [-0.2, -0.15) is 0 Å². The summed E-state index contributed by atoms with van der Waals surface area (Å²) < 4.78 is 5.67. The van der Waals surface area contributed by atoms with E-state index in [1.54, 1.807) is 69.3 Å². The molecule has 0 aliphatic carbocycles. The van der Waals surface area contributed by atoms with Crippen LogP contribution in [0.2, 0.25) is 0 Å². The van der Waals surface area contributed by atoms with Crippen molar-refractivity contribution in [3.8, 4) is 0 Å². The van der Waals surface area contributed by atoms with Crippen LogP contribution in [-0.2, 0) is 4.74 Å². The van der Waals surface area contributed by atoms with Crippen molar-refractivity contribution in [1.82, 2.24) is 4.98 Å². The number of ketones is 1. The molecule has 0 bridgehead atoms. The fraction of sp³-hybridized carbons (Fsp3) is 0.217. The van der Waals surface area contributed by atoms with Crippen molar-refractivity contribution in [3.63, 3.8) is 0 Å². The zero-order valence-corrected chi connectivity index (χ0v) is 16.1. The second-order valence-electron chi connectivity index (χ2n) is 6.77. The number of rotatable bonds is 6. The number of aryl methyl sites for hydroxylation is 1. The summed E-state index contributed by atoms with van der Waals surface area (Å²) in [6.45, 7) is 5.18. The summed E-state index contributed by atoms with van der Waals surface area (Å²) in [7, 11) is 0. The predicted molar refractivity (Wildman–Crippen MR) is 106 cm³/mol. The van der Waals surface area contributed by atoms with Gasteiger partial charge < -0.3 is 14.8 Å². The molecule has 2 atom stereocenters. The van der Waals surface area contributed by atoms with E-state index >= 15 is 0 Å². The first kappa shape index (κ1) is 19.6. The quantitative estimate of drug-likeness (QED) is 0.491. The molecule has 1 aromatic heterocycles. The molecular weight excluding hydrogens is 354 g/mol. The summed E-state index contributed by atoms with van der Waals surface area (Å²) in [5, 5.41) is 9.95. The lowest BCUT2D eigenvalue weighted by atomic mass is 9.99. The van der Waals surface area contributed by atoms with Crippen molar-refractivity contribution in [2.24, 2.45) is 0 Å². The second-order valence-corrected chi connectivity index (χ2v) is 6.77. The van der Waals surface area contributed by atoms with Crippen LogP contribution in [-0.4, -0.2) is 21.8 Å². The number of nitrogens with one attached hydrogen (secondary N) is 1. The number of Topliss-reactive ketones (excluding diaryl/α,β-unsaturated/α-hetero) is 1. The summed E-state index contributed by atoms with van der Waals surface area (Å²) >= 11 is 0. The van der Waals surface area contributed by atoms with Crippen molar-refractivity contribution >= 4 is 11.8 Å². The lowest BCUT2D eigenvalue weighted by Gasteiger charge is -2.17. The molecule has 0 aliphatic rings. The zero-order chi connectivity index (χ0) is 20.3. The average Bonchev–Trinajstić information content (AvgIpc) is 3.01. The van der Waals surface area contributed by atoms with Gasteiger partial charge in [-0.3, -0.25) is 4.79 Å². The SMILES string of the molecule is Cc1[nH]c(C(=O)O[C@H](C(=O)c2ccccc2)c2ccccc2)c(C)c1[C@@H](C)O. The van der Waals surface area contributed by atoms with Gasteiger partial charge in [0.05, 0.1) is 6.10 Å². The van der Waals surface area contributed by atoms with E-state index in [4.69, 9.17) is 4.74 Å². The lowest BCUT2D eigenvalue weighted by Crippen LogP contribution is -2.21. The number of ether oxygens (including phenoxy) is 1. The number of esters is 1. The number of H-pyrrole nitrogens is 1. The predicted octanol–water partition coefficient (Wildman–Crippen LogP) is 4.47. The van der Waals surface area contributed by atoms with E-state index in [0.29, 0.717) is 27.9 Å². The van der Waals surface area contributed by atoms with Crippen LogP contribution in [0.5, 0.6) is 0 Å². The molecule has 28 heavy (non-hydrogen) atoms. The van der Waals surface area contributed by atoms with Crippen molar-refractivity contribution < 1.29 is 19.4 Å². The number of carbonyl (C=O) groups excluding carboxylic acids is 2. The maximum absolute atomic E-state index is 13.0. The summed E-state index contributed by atoms with van der Waals surface area (Å²) in [5.74, 6) is -0.928. The molecule has 0 aliphatic heterocycles. The topological polar surface area (TPSA) is 79.4 Å². The van der Waals surface area contributed by atoms with E-state index < -0.39 is 18.2 Å². The second kappa shape index (κ2) is 8.23. The third kappa shape index (κ3) is 3.89. The Kier molecular flexibility index (Phi) is 5.76. The van der Waals surface area contributed by atoms with Gasteiger partial charge in [-0.15, -0.1) is 0 Å². The maximum atomic E-state index is 13.0. The molecule has 144 valence electrons. The first-order valence-corrected chi connectivity index (χ1v) is 9.12. The number of benzene rings is 2. The Morgan fingerprint density at radius 2 is 1.54 bits per heavy atom. The standard InChI is InChI=1S/C23H23NO4/c1-14-19(16(3)25)15(2)24-20(14)23(27)28-22(18-12-8-5-9-13-18)21(26)17-10-6-4-7-11-17/h4-13,16,22,24-25H,1-3H3/t16-,22+/m1/s1. The molecule has 3 aromatic rings. The molecule has 0 radical (unpaired) electrons. The molecule has 0 amide bonds. The van der Waals surface area contributed by atoms with Gasteiger partial charge in [-0.1, -0.05) is 60.7 Å². The van der Waals surface area contributed by atoms with Crippen LogP contribution in [0.4, 0.5) is 0 Å². The van der Waals surface area contributed by atoms with E-state index in [2.05, 4.69) is 4.98 Å². The van der Waals surface area contributed by atoms with Gasteiger partial charge in [0.15, 0.2) is 6.10 Å². The molecular formula is C23H23NO4. The number of aromatic nitrogens is 1. The molecule has 0 spiro atoms. The molecule has 5 heteroatoms. The van der Waals surface area contributed by atoms with Crippen LogP contribution >= 0.6 is 0 Å². The van der Waals surface area contributed by atoms with E-state index in [0.717, 1.165) is 0 Å². The number of hydrogen-bond donors (Lipinski definition) is 2. The van der Waals surface area contributed by atoms with Crippen LogP contribution in [0.25, 0.3) is 0 Å². The van der Waals surface area contributed by atoms with E-state index in [-0.39, 0.29) is 11.5 Å². The fourth-order valence-electron chi connectivity index (χ4n) is 3.42. The van der Waals surface area contributed by atoms with Crippen molar-refractivity contribution in [2.75, 3.05) is 0 Å². The molecule has 2 N–H and O–H groups in total. The van der Waals surface area contributed by atoms with Crippen LogP contribution in [0, 0.1) is 13.8 Å².